The highest BCUT2D eigenvalue weighted by Gasteiger charge is 2.09. The van der Waals surface area contributed by atoms with E-state index in [9.17, 15) is 0 Å². The van der Waals surface area contributed by atoms with E-state index in [0.29, 0.717) is 23.7 Å². The molecule has 4 heteroatoms. The topological polar surface area (TPSA) is 38.9 Å². The Bertz CT molecular complexity index is 458. The van der Waals surface area contributed by atoms with Gasteiger partial charge in [0.15, 0.2) is 5.89 Å². The van der Waals surface area contributed by atoms with Gasteiger partial charge in [0.1, 0.15) is 6.26 Å². The van der Waals surface area contributed by atoms with E-state index in [1.54, 1.807) is 17.6 Å². The molecule has 0 aromatic carbocycles. The quantitative estimate of drug-likeness (QED) is 0.568. The summed E-state index contributed by atoms with van der Waals surface area (Å²) in [5, 5.41) is 3.42. The molecule has 0 N–H and O–H groups in total. The van der Waals surface area contributed by atoms with Crippen LogP contribution in [0.3, 0.4) is 0 Å². The lowest BCUT2D eigenvalue weighted by Gasteiger charge is -1.99. The smallest absolute Gasteiger partial charge is 0.196 e. The van der Waals surface area contributed by atoms with Gasteiger partial charge in [0, 0.05) is 17.2 Å². The fourth-order valence-electron chi connectivity index (χ4n) is 1.66. The lowest BCUT2D eigenvalue weighted by atomic mass is 10.1. The molecule has 0 aliphatic carbocycles. The van der Waals surface area contributed by atoms with Crippen LogP contribution in [0.15, 0.2) is 16.1 Å². The van der Waals surface area contributed by atoms with Crippen LogP contribution in [0.2, 0.25) is 0 Å². The van der Waals surface area contributed by atoms with E-state index in [4.69, 9.17) is 4.42 Å². The van der Waals surface area contributed by atoms with E-state index in [-0.39, 0.29) is 14.9 Å². The second-order valence-corrected chi connectivity index (χ2v) is 7.73. The van der Waals surface area contributed by atoms with Crippen molar-refractivity contribution in [3.8, 4) is 0 Å². The molecule has 0 radical (unpaired) electrons. The first-order valence-corrected chi connectivity index (χ1v) is 9.00. The second kappa shape index (κ2) is 11.4. The van der Waals surface area contributed by atoms with Gasteiger partial charge in [-0.2, -0.15) is 0 Å². The number of hydrogen-bond acceptors (Lipinski definition) is 4. The first-order chi connectivity index (χ1) is 10.2. The third kappa shape index (κ3) is 7.61. The van der Waals surface area contributed by atoms with E-state index in [0.717, 1.165) is 11.6 Å². The van der Waals surface area contributed by atoms with Gasteiger partial charge in [-0.1, -0.05) is 70.2 Å². The molecule has 2 rings (SSSR count). The molecule has 0 unspecified atom stereocenters. The molecule has 0 spiro atoms. The lowest BCUT2D eigenvalue weighted by Crippen LogP contribution is -1.90. The van der Waals surface area contributed by atoms with E-state index >= 15 is 0 Å². The zero-order valence-corrected chi connectivity index (χ0v) is 16.0. The summed E-state index contributed by atoms with van der Waals surface area (Å²) in [4.78, 5) is 8.87. The van der Waals surface area contributed by atoms with Crippen molar-refractivity contribution in [1.29, 1.82) is 0 Å². The Hall–Kier alpha value is -1.16. The van der Waals surface area contributed by atoms with E-state index in [1.165, 1.54) is 10.7 Å². The van der Waals surface area contributed by atoms with Crippen molar-refractivity contribution >= 4 is 11.3 Å². The molecular weight excluding hydrogens is 316 g/mol. The summed E-state index contributed by atoms with van der Waals surface area (Å²) in [6.45, 7) is 17.1. The number of thiazole rings is 1. The van der Waals surface area contributed by atoms with Crippen molar-refractivity contribution in [2.45, 2.75) is 93.9 Å². The molecule has 2 heterocycles. The largest absolute Gasteiger partial charge is 0.448 e. The Kier molecular flexibility index (Phi) is 11.9. The van der Waals surface area contributed by atoms with Crippen LogP contribution in [-0.4, -0.2) is 9.97 Å². The molecule has 0 atom stereocenters. The van der Waals surface area contributed by atoms with Crippen molar-refractivity contribution in [3.63, 3.8) is 0 Å². The molecule has 24 heavy (non-hydrogen) atoms. The normalized spacial score (nSPS) is 10.5. The van der Waals surface area contributed by atoms with Crippen LogP contribution in [0.5, 0.6) is 0 Å². The minimum absolute atomic E-state index is 0. The second-order valence-electron chi connectivity index (χ2n) is 6.84. The Balaban J connectivity index is 0. The molecule has 0 fully saturated rings. The summed E-state index contributed by atoms with van der Waals surface area (Å²) >= 11 is 1.77. The molecule has 0 amide bonds. The summed E-state index contributed by atoms with van der Waals surface area (Å²) in [5.74, 6) is 2.84. The zero-order valence-electron chi connectivity index (χ0n) is 15.2. The highest BCUT2D eigenvalue weighted by Crippen LogP contribution is 2.23. The van der Waals surface area contributed by atoms with Gasteiger partial charge in [-0.15, -0.1) is 11.3 Å². The summed E-state index contributed by atoms with van der Waals surface area (Å²) in [6.07, 6.45) is 1.75. The molecule has 2 aromatic rings. The SMILES string of the molecule is C.C.CC(C)c1coc(C(C)C)n1.CC(C)c1csc(C(C)C)n1. The van der Waals surface area contributed by atoms with Crippen LogP contribution in [-0.2, 0) is 0 Å². The monoisotopic (exact) mass is 354 g/mol. The molecular formula is C20H38N2OS. The molecule has 2 aromatic heterocycles. The number of rotatable bonds is 4. The number of aromatic nitrogens is 2. The fraction of sp³-hybridized carbons (Fsp3) is 0.700. The first-order valence-electron chi connectivity index (χ1n) is 8.12. The van der Waals surface area contributed by atoms with Crippen molar-refractivity contribution in [2.75, 3.05) is 0 Å². The van der Waals surface area contributed by atoms with Crippen LogP contribution in [0.1, 0.15) is 116 Å². The average molecular weight is 355 g/mol. The average Bonchev–Trinajstić information content (AvgIpc) is 3.09. The third-order valence-corrected chi connectivity index (χ3v) is 4.41. The number of oxazole rings is 1. The predicted molar refractivity (Wildman–Crippen MR) is 108 cm³/mol. The van der Waals surface area contributed by atoms with Gasteiger partial charge in [-0.25, -0.2) is 9.97 Å². The molecule has 0 aliphatic rings. The highest BCUT2D eigenvalue weighted by molar-refractivity contribution is 7.09. The van der Waals surface area contributed by atoms with Crippen LogP contribution < -0.4 is 0 Å². The van der Waals surface area contributed by atoms with Crippen LogP contribution in [0.4, 0.5) is 0 Å². The molecule has 0 saturated carbocycles. The summed E-state index contributed by atoms with van der Waals surface area (Å²) in [5.41, 5.74) is 2.28. The summed E-state index contributed by atoms with van der Waals surface area (Å²) < 4.78 is 5.28. The molecule has 0 aliphatic heterocycles. The van der Waals surface area contributed by atoms with Crippen LogP contribution >= 0.6 is 11.3 Å². The Morgan fingerprint density at radius 1 is 0.750 bits per heavy atom. The van der Waals surface area contributed by atoms with Gasteiger partial charge >= 0.3 is 0 Å². The summed E-state index contributed by atoms with van der Waals surface area (Å²) in [7, 11) is 0. The third-order valence-electron chi connectivity index (χ3n) is 3.25. The Labute approximate surface area is 153 Å². The maximum absolute atomic E-state index is 5.28. The Morgan fingerprint density at radius 2 is 1.29 bits per heavy atom. The molecule has 0 saturated heterocycles. The van der Waals surface area contributed by atoms with Crippen molar-refractivity contribution < 1.29 is 4.42 Å². The van der Waals surface area contributed by atoms with Crippen molar-refractivity contribution in [3.05, 3.63) is 33.9 Å². The van der Waals surface area contributed by atoms with E-state index in [2.05, 4.69) is 70.7 Å². The predicted octanol–water partition coefficient (Wildman–Crippen LogP) is 7.58. The highest BCUT2D eigenvalue weighted by atomic mass is 32.1. The molecule has 140 valence electrons. The summed E-state index contributed by atoms with van der Waals surface area (Å²) in [6, 6.07) is 0. The van der Waals surface area contributed by atoms with E-state index < -0.39 is 0 Å². The molecule has 3 nitrogen and oxygen atoms in total. The van der Waals surface area contributed by atoms with Gasteiger partial charge in [-0.3, -0.25) is 0 Å². The van der Waals surface area contributed by atoms with Crippen LogP contribution in [0, 0.1) is 0 Å². The van der Waals surface area contributed by atoms with Gasteiger partial charge in [0.2, 0.25) is 0 Å². The van der Waals surface area contributed by atoms with Crippen molar-refractivity contribution in [1.82, 2.24) is 9.97 Å². The van der Waals surface area contributed by atoms with Gasteiger partial charge in [0.05, 0.1) is 16.4 Å². The number of nitrogens with zero attached hydrogens (tertiary/aromatic N) is 2. The van der Waals surface area contributed by atoms with Gasteiger partial charge in [-0.05, 0) is 11.8 Å². The van der Waals surface area contributed by atoms with Gasteiger partial charge in [0.25, 0.3) is 0 Å². The van der Waals surface area contributed by atoms with Crippen LogP contribution in [0.25, 0.3) is 0 Å². The maximum atomic E-state index is 5.28. The first kappa shape index (κ1) is 25.1. The minimum Gasteiger partial charge on any atom is -0.448 e. The van der Waals surface area contributed by atoms with Gasteiger partial charge < -0.3 is 4.42 Å². The standard InChI is InChI=1S/C9H15NO.C9H15NS.2CH4/c2*1-6(2)8-5-11-9(10-8)7(3)4;;/h2*5-7H,1-4H3;2*1H4. The number of hydrogen-bond donors (Lipinski definition) is 0. The zero-order chi connectivity index (χ0) is 16.9. The fourth-order valence-corrected chi connectivity index (χ4v) is 2.66. The van der Waals surface area contributed by atoms with Crippen molar-refractivity contribution in [2.24, 2.45) is 0 Å². The minimum atomic E-state index is 0. The lowest BCUT2D eigenvalue weighted by molar-refractivity contribution is 0.470. The Morgan fingerprint density at radius 3 is 1.54 bits per heavy atom. The maximum Gasteiger partial charge on any atom is 0.196 e. The van der Waals surface area contributed by atoms with E-state index in [1.807, 2.05) is 0 Å². The molecule has 0 bridgehead atoms.